The lowest BCUT2D eigenvalue weighted by Gasteiger charge is -2.53. The zero-order chi connectivity index (χ0) is 32.8. The SMILES string of the molecule is CCOc1nc(OC)c(CN2CC3CN(C(=O)C4COCCO4)CCN3C(C(c3ccccc3)c3ccccc3)C2)c(OC(C)C)n1.Cl.Cl. The number of ether oxygens (including phenoxy) is 5. The molecule has 0 bridgehead atoms. The Morgan fingerprint density at radius 2 is 1.59 bits per heavy atom. The lowest BCUT2D eigenvalue weighted by Crippen LogP contribution is -2.68. The normalized spacial score (nSPS) is 21.3. The molecule has 0 N–H and O–H groups in total. The standard InChI is InChI=1S/C36H47N5O6.2ClH/c1-5-45-36-37-33(43-4)29(34(38-36)47-25(2)3)22-39-20-28-21-40(35(42)31-24-44-18-19-46-31)16-17-41(28)30(23-39)32(26-12-8-6-9-13-26)27-14-10-7-11-15-27;;/h6-15,25,28,30-32H,5,16-24H2,1-4H3;2*1H. The molecule has 0 spiro atoms. The van der Waals surface area contributed by atoms with Crippen molar-refractivity contribution in [2.75, 3.05) is 66.3 Å². The quantitative estimate of drug-likeness (QED) is 0.283. The zero-order valence-corrected chi connectivity index (χ0v) is 30.4. The largest absolute Gasteiger partial charge is 0.481 e. The minimum absolute atomic E-state index is 0. The van der Waals surface area contributed by atoms with Crippen molar-refractivity contribution in [3.8, 4) is 17.8 Å². The number of hydrogen-bond acceptors (Lipinski definition) is 10. The second kappa shape index (κ2) is 18.2. The Morgan fingerprint density at radius 1 is 0.918 bits per heavy atom. The van der Waals surface area contributed by atoms with E-state index in [4.69, 9.17) is 23.7 Å². The molecule has 1 aromatic heterocycles. The number of aromatic nitrogens is 2. The number of nitrogens with zero attached hydrogens (tertiary/aromatic N) is 5. The van der Waals surface area contributed by atoms with Gasteiger partial charge < -0.3 is 28.6 Å². The van der Waals surface area contributed by atoms with E-state index in [2.05, 4.69) is 80.4 Å². The fourth-order valence-electron chi connectivity index (χ4n) is 7.10. The molecule has 49 heavy (non-hydrogen) atoms. The van der Waals surface area contributed by atoms with Crippen LogP contribution >= 0.6 is 24.8 Å². The van der Waals surface area contributed by atoms with Gasteiger partial charge in [0.25, 0.3) is 5.91 Å². The molecule has 4 heterocycles. The zero-order valence-electron chi connectivity index (χ0n) is 28.7. The van der Waals surface area contributed by atoms with Crippen molar-refractivity contribution < 1.29 is 28.5 Å². The third-order valence-corrected chi connectivity index (χ3v) is 9.08. The molecule has 3 aliphatic heterocycles. The third-order valence-electron chi connectivity index (χ3n) is 9.08. The van der Waals surface area contributed by atoms with Crippen LogP contribution < -0.4 is 14.2 Å². The van der Waals surface area contributed by atoms with Gasteiger partial charge in [-0.25, -0.2) is 0 Å². The highest BCUT2D eigenvalue weighted by Gasteiger charge is 2.44. The lowest BCUT2D eigenvalue weighted by atomic mass is 9.81. The number of rotatable bonds is 11. The van der Waals surface area contributed by atoms with Crippen LogP contribution in [-0.4, -0.2) is 121 Å². The van der Waals surface area contributed by atoms with Crippen LogP contribution in [0.5, 0.6) is 17.8 Å². The van der Waals surface area contributed by atoms with E-state index in [-0.39, 0.29) is 60.8 Å². The summed E-state index contributed by atoms with van der Waals surface area (Å²) < 4.78 is 29.1. The molecule has 0 aliphatic carbocycles. The molecule has 6 rings (SSSR count). The van der Waals surface area contributed by atoms with E-state index < -0.39 is 6.10 Å². The molecule has 3 fully saturated rings. The number of hydrogen-bond donors (Lipinski definition) is 0. The van der Waals surface area contributed by atoms with Gasteiger partial charge in [-0.1, -0.05) is 60.7 Å². The fraction of sp³-hybridized carbons (Fsp3) is 0.528. The number of fused-ring (bicyclic) bond motifs is 1. The Kier molecular flexibility index (Phi) is 14.3. The second-order valence-corrected chi connectivity index (χ2v) is 12.6. The first-order valence-electron chi connectivity index (χ1n) is 16.8. The summed E-state index contributed by atoms with van der Waals surface area (Å²) in [6, 6.07) is 22.0. The molecule has 13 heteroatoms. The number of amides is 1. The Labute approximate surface area is 302 Å². The fourth-order valence-corrected chi connectivity index (χ4v) is 7.10. The van der Waals surface area contributed by atoms with E-state index >= 15 is 0 Å². The van der Waals surface area contributed by atoms with Crippen molar-refractivity contribution in [2.24, 2.45) is 0 Å². The van der Waals surface area contributed by atoms with Crippen LogP contribution in [0.25, 0.3) is 0 Å². The Morgan fingerprint density at radius 3 is 2.18 bits per heavy atom. The molecule has 3 aromatic rings. The maximum Gasteiger partial charge on any atom is 0.323 e. The first-order valence-corrected chi connectivity index (χ1v) is 16.8. The highest BCUT2D eigenvalue weighted by atomic mass is 35.5. The number of halogens is 2. The molecular formula is C36H49Cl2N5O6. The first kappa shape index (κ1) is 38.6. The molecule has 3 aliphatic rings. The average Bonchev–Trinajstić information content (AvgIpc) is 3.10. The summed E-state index contributed by atoms with van der Waals surface area (Å²) in [6.07, 6.45) is -0.648. The highest BCUT2D eigenvalue weighted by Crippen LogP contribution is 2.38. The molecule has 0 radical (unpaired) electrons. The monoisotopic (exact) mass is 717 g/mol. The van der Waals surface area contributed by atoms with Crippen LogP contribution in [-0.2, 0) is 20.8 Å². The molecule has 2 aromatic carbocycles. The summed E-state index contributed by atoms with van der Waals surface area (Å²) in [7, 11) is 1.62. The number of carbonyl (C=O) groups is 1. The van der Waals surface area contributed by atoms with E-state index in [1.165, 1.54) is 11.1 Å². The van der Waals surface area contributed by atoms with Crippen molar-refractivity contribution in [2.45, 2.75) is 57.5 Å². The summed E-state index contributed by atoms with van der Waals surface area (Å²) in [5.74, 6) is 1.03. The minimum Gasteiger partial charge on any atom is -0.481 e. The summed E-state index contributed by atoms with van der Waals surface area (Å²) in [6.45, 7) is 11.6. The van der Waals surface area contributed by atoms with Crippen molar-refractivity contribution >= 4 is 30.7 Å². The molecule has 0 saturated carbocycles. The van der Waals surface area contributed by atoms with Gasteiger partial charge in [-0.2, -0.15) is 9.97 Å². The van der Waals surface area contributed by atoms with E-state index in [0.717, 1.165) is 25.2 Å². The van der Waals surface area contributed by atoms with Crippen LogP contribution in [0.2, 0.25) is 0 Å². The summed E-state index contributed by atoms with van der Waals surface area (Å²) in [4.78, 5) is 29.9. The number of piperazine rings is 2. The summed E-state index contributed by atoms with van der Waals surface area (Å²) >= 11 is 0. The molecular weight excluding hydrogens is 669 g/mol. The van der Waals surface area contributed by atoms with E-state index in [9.17, 15) is 4.79 Å². The van der Waals surface area contributed by atoms with Crippen molar-refractivity contribution in [3.05, 3.63) is 77.4 Å². The third kappa shape index (κ3) is 9.14. The van der Waals surface area contributed by atoms with Crippen molar-refractivity contribution in [3.63, 3.8) is 0 Å². The van der Waals surface area contributed by atoms with Gasteiger partial charge in [0, 0.05) is 57.3 Å². The van der Waals surface area contributed by atoms with Crippen LogP contribution in [0, 0.1) is 0 Å². The van der Waals surface area contributed by atoms with Crippen LogP contribution in [0.1, 0.15) is 43.4 Å². The maximum atomic E-state index is 13.6. The predicted octanol–water partition coefficient (Wildman–Crippen LogP) is 4.46. The van der Waals surface area contributed by atoms with Gasteiger partial charge in [0.1, 0.15) is 0 Å². The molecule has 3 saturated heterocycles. The maximum absolute atomic E-state index is 13.6. The molecule has 3 unspecified atom stereocenters. The highest BCUT2D eigenvalue weighted by molar-refractivity contribution is 5.85. The Hall–Kier alpha value is -3.19. The van der Waals surface area contributed by atoms with Gasteiger partial charge in [0.15, 0.2) is 6.10 Å². The molecule has 11 nitrogen and oxygen atoms in total. The number of benzene rings is 2. The second-order valence-electron chi connectivity index (χ2n) is 12.6. The van der Waals surface area contributed by atoms with Crippen LogP contribution in [0.15, 0.2) is 60.7 Å². The van der Waals surface area contributed by atoms with Gasteiger partial charge in [-0.3, -0.25) is 14.6 Å². The van der Waals surface area contributed by atoms with Gasteiger partial charge in [0.2, 0.25) is 11.8 Å². The summed E-state index contributed by atoms with van der Waals surface area (Å²) in [5, 5.41) is 0. The van der Waals surface area contributed by atoms with Gasteiger partial charge in [0.05, 0.1) is 45.2 Å². The van der Waals surface area contributed by atoms with Gasteiger partial charge in [-0.05, 0) is 31.9 Å². The lowest BCUT2D eigenvalue weighted by molar-refractivity contribution is -0.162. The number of methoxy groups -OCH3 is 1. The Bertz CT molecular complexity index is 1430. The predicted molar refractivity (Wildman–Crippen MR) is 191 cm³/mol. The topological polar surface area (TPSA) is 98.7 Å². The molecule has 3 atom stereocenters. The smallest absolute Gasteiger partial charge is 0.323 e. The number of carbonyl (C=O) groups excluding carboxylic acids is 1. The summed E-state index contributed by atoms with van der Waals surface area (Å²) in [5.41, 5.74) is 3.31. The Balaban J connectivity index is 0.00000270. The molecule has 1 amide bonds. The van der Waals surface area contributed by atoms with Crippen molar-refractivity contribution in [1.82, 2.24) is 24.7 Å². The van der Waals surface area contributed by atoms with Gasteiger partial charge >= 0.3 is 6.01 Å². The van der Waals surface area contributed by atoms with E-state index in [1.54, 1.807) is 7.11 Å². The van der Waals surface area contributed by atoms with Crippen LogP contribution in [0.3, 0.4) is 0 Å². The average molecular weight is 719 g/mol. The van der Waals surface area contributed by atoms with Crippen LogP contribution in [0.4, 0.5) is 0 Å². The van der Waals surface area contributed by atoms with Gasteiger partial charge in [-0.15, -0.1) is 24.8 Å². The van der Waals surface area contributed by atoms with E-state index in [1.807, 2.05) is 25.7 Å². The van der Waals surface area contributed by atoms with E-state index in [0.29, 0.717) is 57.8 Å². The minimum atomic E-state index is -0.548. The van der Waals surface area contributed by atoms with Crippen molar-refractivity contribution in [1.29, 1.82) is 0 Å². The molecule has 268 valence electrons. The first-order chi connectivity index (χ1) is 22.9.